The molecule has 0 aliphatic carbocycles. The molecule has 0 aliphatic heterocycles. The Morgan fingerprint density at radius 2 is 1.09 bits per heavy atom. The van der Waals surface area contributed by atoms with Crippen LogP contribution in [0.25, 0.3) is 77.1 Å². The average molecular weight is 889 g/mol. The predicted molar refractivity (Wildman–Crippen MR) is 228 cm³/mol. The molecule has 4 heteroatoms. The fourth-order valence-corrected chi connectivity index (χ4v) is 7.97. The van der Waals surface area contributed by atoms with Crippen LogP contribution in [0.5, 0.6) is 0 Å². The number of aromatic nitrogens is 2. The SMILES string of the molecule is C[Si](C)(C)c1ccc(-c2[c-]cc3c4ccc(-c5ccc(-c6ccccc6)cc5)cc4c4ccccc4c3c2)nc1.Cc1ccnc(-c2[c-]cccc2)c1.[Ir]. The maximum atomic E-state index is 4.84. The standard InChI is InChI=1S/C38H30NSi.C12H10N.Ir/c1-40(2,3)31-19-22-38(39-25-31)30-18-21-35-34-20-17-29(23-36(34)32-11-7-8-12-33(32)37(35)24-30)28-15-13-27(14-16-28)26-9-5-4-6-10-26;1-10-7-8-13-12(9-10)11-5-3-2-4-6-11;/h4-17,19-25H,1-3H3;2-5,7-9H,1H3;/q2*-1;. The third-order valence-electron chi connectivity index (χ3n) is 9.90. The first-order valence-corrected chi connectivity index (χ1v) is 21.6. The number of fused-ring (bicyclic) bond motifs is 6. The Morgan fingerprint density at radius 3 is 1.74 bits per heavy atom. The molecule has 0 spiro atoms. The molecule has 2 nitrogen and oxygen atoms in total. The molecule has 2 aromatic heterocycles. The van der Waals surface area contributed by atoms with Gasteiger partial charge in [0.05, 0.1) is 8.07 Å². The maximum absolute atomic E-state index is 4.84. The second-order valence-corrected chi connectivity index (χ2v) is 19.7. The van der Waals surface area contributed by atoms with Crippen LogP contribution in [-0.4, -0.2) is 18.0 Å². The minimum atomic E-state index is -1.39. The van der Waals surface area contributed by atoms with Gasteiger partial charge in [0, 0.05) is 32.5 Å². The first kappa shape index (κ1) is 36.8. The van der Waals surface area contributed by atoms with Gasteiger partial charge in [0.2, 0.25) is 0 Å². The summed E-state index contributed by atoms with van der Waals surface area (Å²) in [6.07, 6.45) is 3.89. The van der Waals surface area contributed by atoms with Crippen LogP contribution in [0.2, 0.25) is 19.6 Å². The van der Waals surface area contributed by atoms with E-state index in [1.165, 1.54) is 65.3 Å². The summed E-state index contributed by atoms with van der Waals surface area (Å²) in [5.41, 5.74) is 10.2. The average Bonchev–Trinajstić information content (AvgIpc) is 3.21. The van der Waals surface area contributed by atoms with Gasteiger partial charge in [-0.3, -0.25) is 0 Å². The summed E-state index contributed by atoms with van der Waals surface area (Å²) in [5.74, 6) is 0. The molecule has 2 heterocycles. The first-order chi connectivity index (χ1) is 25.8. The van der Waals surface area contributed by atoms with Crippen molar-refractivity contribution in [2.24, 2.45) is 0 Å². The normalized spacial score (nSPS) is 11.2. The van der Waals surface area contributed by atoms with Crippen LogP contribution >= 0.6 is 0 Å². The van der Waals surface area contributed by atoms with Gasteiger partial charge in [-0.1, -0.05) is 151 Å². The molecule has 54 heavy (non-hydrogen) atoms. The van der Waals surface area contributed by atoms with Gasteiger partial charge in [-0.15, -0.1) is 59.7 Å². The molecule has 9 aromatic rings. The van der Waals surface area contributed by atoms with Crippen molar-refractivity contribution in [1.29, 1.82) is 0 Å². The minimum Gasteiger partial charge on any atom is -0.305 e. The zero-order valence-electron chi connectivity index (χ0n) is 30.9. The van der Waals surface area contributed by atoms with E-state index in [0.717, 1.165) is 22.5 Å². The molecule has 0 unspecified atom stereocenters. The molecule has 0 saturated carbocycles. The monoisotopic (exact) mass is 889 g/mol. The van der Waals surface area contributed by atoms with Crippen molar-refractivity contribution in [2.75, 3.05) is 0 Å². The van der Waals surface area contributed by atoms with Gasteiger partial charge in [0.1, 0.15) is 0 Å². The fourth-order valence-electron chi connectivity index (χ4n) is 6.94. The molecular weight excluding hydrogens is 849 g/mol. The molecule has 0 aliphatic rings. The van der Waals surface area contributed by atoms with E-state index in [9.17, 15) is 0 Å². The van der Waals surface area contributed by atoms with Crippen LogP contribution in [-0.2, 0) is 20.1 Å². The molecule has 9 rings (SSSR count). The van der Waals surface area contributed by atoms with E-state index in [1.807, 2.05) is 36.5 Å². The summed E-state index contributed by atoms with van der Waals surface area (Å²) < 4.78 is 0. The number of pyridine rings is 2. The van der Waals surface area contributed by atoms with E-state index < -0.39 is 8.07 Å². The first-order valence-electron chi connectivity index (χ1n) is 18.1. The Kier molecular flexibility index (Phi) is 10.8. The molecule has 0 saturated heterocycles. The Morgan fingerprint density at radius 1 is 0.463 bits per heavy atom. The second-order valence-electron chi connectivity index (χ2n) is 14.6. The topological polar surface area (TPSA) is 25.8 Å². The smallest absolute Gasteiger partial charge is 0.0795 e. The summed E-state index contributed by atoms with van der Waals surface area (Å²) in [6.45, 7) is 9.13. The summed E-state index contributed by atoms with van der Waals surface area (Å²) in [4.78, 5) is 9.12. The van der Waals surface area contributed by atoms with Gasteiger partial charge in [-0.2, -0.15) is 0 Å². The van der Waals surface area contributed by atoms with Crippen molar-refractivity contribution >= 4 is 45.6 Å². The Bertz CT molecular complexity index is 2660. The van der Waals surface area contributed by atoms with Crippen LogP contribution in [0.3, 0.4) is 0 Å². The third-order valence-corrected chi connectivity index (χ3v) is 11.9. The number of aryl methyl sites for hydroxylation is 1. The van der Waals surface area contributed by atoms with Crippen LogP contribution in [0, 0.1) is 19.1 Å². The van der Waals surface area contributed by atoms with Crippen molar-refractivity contribution in [3.63, 3.8) is 0 Å². The van der Waals surface area contributed by atoms with Gasteiger partial charge in [-0.25, -0.2) is 0 Å². The van der Waals surface area contributed by atoms with Gasteiger partial charge in [0.25, 0.3) is 0 Å². The Balaban J connectivity index is 0.000000272. The van der Waals surface area contributed by atoms with Gasteiger partial charge in [0.15, 0.2) is 0 Å². The summed E-state index contributed by atoms with van der Waals surface area (Å²) >= 11 is 0. The zero-order valence-corrected chi connectivity index (χ0v) is 34.3. The number of hydrogen-bond donors (Lipinski definition) is 0. The van der Waals surface area contributed by atoms with Crippen molar-refractivity contribution in [1.82, 2.24) is 9.97 Å². The molecular formula is C50H40IrN2Si-2. The zero-order chi connectivity index (χ0) is 36.4. The number of benzene rings is 7. The van der Waals surface area contributed by atoms with E-state index in [4.69, 9.17) is 4.98 Å². The summed E-state index contributed by atoms with van der Waals surface area (Å²) in [6, 6.07) is 62.5. The third kappa shape index (κ3) is 7.74. The Labute approximate surface area is 333 Å². The van der Waals surface area contributed by atoms with Gasteiger partial charge < -0.3 is 9.97 Å². The van der Waals surface area contributed by atoms with Gasteiger partial charge in [-0.05, 0) is 74.0 Å². The van der Waals surface area contributed by atoms with E-state index in [1.54, 1.807) is 0 Å². The van der Waals surface area contributed by atoms with E-state index in [0.29, 0.717) is 0 Å². The number of rotatable bonds is 5. The van der Waals surface area contributed by atoms with Crippen LogP contribution in [0.4, 0.5) is 0 Å². The molecule has 1 radical (unpaired) electrons. The van der Waals surface area contributed by atoms with Crippen molar-refractivity contribution in [3.05, 3.63) is 188 Å². The molecule has 0 fully saturated rings. The molecule has 0 N–H and O–H groups in total. The van der Waals surface area contributed by atoms with Crippen molar-refractivity contribution < 1.29 is 20.1 Å². The molecule has 265 valence electrons. The van der Waals surface area contributed by atoms with Crippen LogP contribution in [0.15, 0.2) is 170 Å². The molecule has 0 atom stereocenters. The predicted octanol–water partition coefficient (Wildman–Crippen LogP) is 12.7. The molecule has 7 aromatic carbocycles. The molecule has 0 amide bonds. The number of hydrogen-bond acceptors (Lipinski definition) is 2. The Hall–Kier alpha value is -5.51. The van der Waals surface area contributed by atoms with Crippen LogP contribution < -0.4 is 5.19 Å². The quantitative estimate of drug-likeness (QED) is 0.0977. The van der Waals surface area contributed by atoms with E-state index in [-0.39, 0.29) is 20.1 Å². The summed E-state index contributed by atoms with van der Waals surface area (Å²) in [5, 5.41) is 8.89. The molecule has 0 bridgehead atoms. The van der Waals surface area contributed by atoms with E-state index in [2.05, 4.69) is 177 Å². The maximum Gasteiger partial charge on any atom is 0.0795 e. The number of nitrogens with zero attached hydrogens (tertiary/aromatic N) is 2. The van der Waals surface area contributed by atoms with Crippen LogP contribution in [0.1, 0.15) is 5.56 Å². The second kappa shape index (κ2) is 15.8. The summed E-state index contributed by atoms with van der Waals surface area (Å²) in [7, 11) is -1.39. The van der Waals surface area contributed by atoms with Gasteiger partial charge >= 0.3 is 0 Å². The van der Waals surface area contributed by atoms with Crippen molar-refractivity contribution in [2.45, 2.75) is 26.6 Å². The largest absolute Gasteiger partial charge is 0.305 e. The van der Waals surface area contributed by atoms with E-state index >= 15 is 0 Å². The van der Waals surface area contributed by atoms with Crippen molar-refractivity contribution in [3.8, 4) is 44.8 Å². The fraction of sp³-hybridized carbons (Fsp3) is 0.0800. The minimum absolute atomic E-state index is 0.